The van der Waals surface area contributed by atoms with Crippen molar-refractivity contribution in [3.05, 3.63) is 29.6 Å². The Kier molecular flexibility index (Phi) is 4.54. The lowest BCUT2D eigenvalue weighted by Gasteiger charge is -2.08. The summed E-state index contributed by atoms with van der Waals surface area (Å²) < 4.78 is 39.8. The SMILES string of the molecule is O=S(=O)(NCCCC1CC1)c1cc(CO)ccc1F. The number of hydrogen-bond donors (Lipinski definition) is 2. The molecular weight excluding hydrogens is 269 g/mol. The molecule has 1 aliphatic rings. The standard InChI is InChI=1S/C13H18FNO3S/c14-12-6-5-11(9-16)8-13(12)19(17,18)15-7-1-2-10-3-4-10/h5-6,8,10,15-16H,1-4,7,9H2. The number of rotatable bonds is 7. The molecule has 0 atom stereocenters. The van der Waals surface area contributed by atoms with E-state index in [0.29, 0.717) is 12.1 Å². The largest absolute Gasteiger partial charge is 0.392 e. The van der Waals surface area contributed by atoms with Gasteiger partial charge in [0, 0.05) is 6.54 Å². The second kappa shape index (κ2) is 5.98. The summed E-state index contributed by atoms with van der Waals surface area (Å²) in [5.41, 5.74) is 0.375. The number of hydrogen-bond acceptors (Lipinski definition) is 3. The predicted octanol–water partition coefficient (Wildman–Crippen LogP) is 1.79. The van der Waals surface area contributed by atoms with E-state index >= 15 is 0 Å². The maximum Gasteiger partial charge on any atom is 0.243 e. The number of sulfonamides is 1. The Labute approximate surface area is 112 Å². The molecule has 19 heavy (non-hydrogen) atoms. The molecule has 4 nitrogen and oxygen atoms in total. The van der Waals surface area contributed by atoms with Crippen molar-refractivity contribution in [2.45, 2.75) is 37.2 Å². The van der Waals surface area contributed by atoms with E-state index in [1.54, 1.807) is 0 Å². The van der Waals surface area contributed by atoms with Crippen molar-refractivity contribution in [2.24, 2.45) is 5.92 Å². The van der Waals surface area contributed by atoms with Crippen LogP contribution in [0.2, 0.25) is 0 Å². The van der Waals surface area contributed by atoms with Crippen molar-refractivity contribution in [1.29, 1.82) is 0 Å². The Bertz CT molecular complexity index is 541. The van der Waals surface area contributed by atoms with Crippen molar-refractivity contribution in [3.8, 4) is 0 Å². The molecule has 1 fully saturated rings. The van der Waals surface area contributed by atoms with Crippen LogP contribution in [0.1, 0.15) is 31.2 Å². The van der Waals surface area contributed by atoms with Gasteiger partial charge in [-0.2, -0.15) is 0 Å². The highest BCUT2D eigenvalue weighted by Crippen LogP contribution is 2.33. The summed E-state index contributed by atoms with van der Waals surface area (Å²) >= 11 is 0. The first-order valence-corrected chi connectivity index (χ1v) is 7.90. The Hall–Kier alpha value is -0.980. The lowest BCUT2D eigenvalue weighted by Crippen LogP contribution is -2.26. The highest BCUT2D eigenvalue weighted by molar-refractivity contribution is 7.89. The van der Waals surface area contributed by atoms with E-state index in [-0.39, 0.29) is 6.61 Å². The minimum atomic E-state index is -3.84. The average molecular weight is 287 g/mol. The normalized spacial score (nSPS) is 15.7. The van der Waals surface area contributed by atoms with Gasteiger partial charge in [-0.25, -0.2) is 17.5 Å². The first-order valence-electron chi connectivity index (χ1n) is 6.42. The Morgan fingerprint density at radius 2 is 2.11 bits per heavy atom. The first-order chi connectivity index (χ1) is 9.03. The van der Waals surface area contributed by atoms with Gasteiger partial charge in [-0.3, -0.25) is 0 Å². The van der Waals surface area contributed by atoms with E-state index in [1.165, 1.54) is 25.0 Å². The van der Waals surface area contributed by atoms with Crippen LogP contribution in [0.25, 0.3) is 0 Å². The van der Waals surface area contributed by atoms with Crippen molar-refractivity contribution in [1.82, 2.24) is 4.72 Å². The van der Waals surface area contributed by atoms with E-state index in [9.17, 15) is 12.8 Å². The monoisotopic (exact) mass is 287 g/mol. The summed E-state index contributed by atoms with van der Waals surface area (Å²) in [7, 11) is -3.84. The van der Waals surface area contributed by atoms with Gasteiger partial charge in [-0.05, 0) is 36.5 Å². The molecule has 2 N–H and O–H groups in total. The summed E-state index contributed by atoms with van der Waals surface area (Å²) in [6.45, 7) is 0.00606. The van der Waals surface area contributed by atoms with E-state index in [1.807, 2.05) is 0 Å². The van der Waals surface area contributed by atoms with E-state index < -0.39 is 20.7 Å². The number of halogens is 1. The maximum absolute atomic E-state index is 13.5. The average Bonchev–Trinajstić information content (AvgIpc) is 3.19. The quantitative estimate of drug-likeness (QED) is 0.751. The number of benzene rings is 1. The van der Waals surface area contributed by atoms with Crippen LogP contribution in [0.5, 0.6) is 0 Å². The Morgan fingerprint density at radius 1 is 1.37 bits per heavy atom. The fourth-order valence-electron chi connectivity index (χ4n) is 1.93. The molecule has 1 aromatic carbocycles. The minimum Gasteiger partial charge on any atom is -0.392 e. The highest BCUT2D eigenvalue weighted by Gasteiger charge is 2.22. The molecule has 106 valence electrons. The zero-order valence-corrected chi connectivity index (χ0v) is 11.4. The number of aliphatic hydroxyl groups excluding tert-OH is 1. The molecular formula is C13H18FNO3S. The molecule has 0 aromatic heterocycles. The van der Waals surface area contributed by atoms with Gasteiger partial charge in [0.05, 0.1) is 6.61 Å². The fourth-order valence-corrected chi connectivity index (χ4v) is 3.13. The maximum atomic E-state index is 13.5. The van der Waals surface area contributed by atoms with E-state index in [2.05, 4.69) is 4.72 Å². The lowest BCUT2D eigenvalue weighted by atomic mass is 10.2. The smallest absolute Gasteiger partial charge is 0.243 e. The second-order valence-corrected chi connectivity index (χ2v) is 6.64. The third-order valence-corrected chi connectivity index (χ3v) is 4.72. The summed E-state index contributed by atoms with van der Waals surface area (Å²) in [4.78, 5) is -0.398. The molecule has 0 spiro atoms. The third kappa shape index (κ3) is 3.99. The second-order valence-electron chi connectivity index (χ2n) is 4.91. The van der Waals surface area contributed by atoms with Crippen LogP contribution in [0, 0.1) is 11.7 Å². The van der Waals surface area contributed by atoms with E-state index in [4.69, 9.17) is 5.11 Å². The number of nitrogens with one attached hydrogen (secondary N) is 1. The molecule has 0 amide bonds. The van der Waals surface area contributed by atoms with Gasteiger partial charge in [-0.15, -0.1) is 0 Å². The van der Waals surface area contributed by atoms with Gasteiger partial charge in [0.15, 0.2) is 0 Å². The summed E-state index contributed by atoms with van der Waals surface area (Å²) in [6.07, 6.45) is 4.26. The van der Waals surface area contributed by atoms with Crippen molar-refractivity contribution in [2.75, 3.05) is 6.54 Å². The van der Waals surface area contributed by atoms with Crippen LogP contribution in [-0.2, 0) is 16.6 Å². The van der Waals surface area contributed by atoms with Gasteiger partial charge in [0.1, 0.15) is 10.7 Å². The highest BCUT2D eigenvalue weighted by atomic mass is 32.2. The predicted molar refractivity (Wildman–Crippen MR) is 69.5 cm³/mol. The zero-order valence-electron chi connectivity index (χ0n) is 10.6. The fraction of sp³-hybridized carbons (Fsp3) is 0.538. The molecule has 0 saturated heterocycles. The van der Waals surface area contributed by atoms with Crippen LogP contribution in [0.15, 0.2) is 23.1 Å². The topological polar surface area (TPSA) is 66.4 Å². The molecule has 2 rings (SSSR count). The van der Waals surface area contributed by atoms with Crippen LogP contribution < -0.4 is 4.72 Å². The third-order valence-electron chi connectivity index (χ3n) is 3.25. The van der Waals surface area contributed by atoms with Crippen LogP contribution in [0.4, 0.5) is 4.39 Å². The van der Waals surface area contributed by atoms with Gasteiger partial charge in [0.2, 0.25) is 10.0 Å². The summed E-state index contributed by atoms with van der Waals surface area (Å²) in [6, 6.07) is 3.59. The van der Waals surface area contributed by atoms with Crippen molar-refractivity contribution >= 4 is 10.0 Å². The van der Waals surface area contributed by atoms with Gasteiger partial charge >= 0.3 is 0 Å². The van der Waals surface area contributed by atoms with Gasteiger partial charge < -0.3 is 5.11 Å². The first kappa shape index (κ1) is 14.4. The minimum absolute atomic E-state index is 0.315. The lowest BCUT2D eigenvalue weighted by molar-refractivity contribution is 0.281. The number of aliphatic hydroxyl groups is 1. The van der Waals surface area contributed by atoms with Crippen molar-refractivity contribution in [3.63, 3.8) is 0 Å². The van der Waals surface area contributed by atoms with Crippen LogP contribution in [-0.4, -0.2) is 20.1 Å². The van der Waals surface area contributed by atoms with Crippen LogP contribution >= 0.6 is 0 Å². The molecule has 1 saturated carbocycles. The van der Waals surface area contributed by atoms with E-state index in [0.717, 1.165) is 24.8 Å². The molecule has 0 radical (unpaired) electrons. The molecule has 1 aliphatic carbocycles. The summed E-state index contributed by atoms with van der Waals surface area (Å²) in [5.74, 6) is -0.0501. The Morgan fingerprint density at radius 3 is 2.74 bits per heavy atom. The van der Waals surface area contributed by atoms with Crippen LogP contribution in [0.3, 0.4) is 0 Å². The molecule has 1 aromatic rings. The Balaban J connectivity index is 2.00. The molecule has 6 heteroatoms. The van der Waals surface area contributed by atoms with Crippen molar-refractivity contribution < 1.29 is 17.9 Å². The molecule has 0 unspecified atom stereocenters. The zero-order chi connectivity index (χ0) is 13.9. The summed E-state index contributed by atoms with van der Waals surface area (Å²) in [5, 5.41) is 8.96. The van der Waals surface area contributed by atoms with Gasteiger partial charge in [0.25, 0.3) is 0 Å². The molecule has 0 aliphatic heterocycles. The molecule has 0 bridgehead atoms. The molecule has 0 heterocycles. The van der Waals surface area contributed by atoms with Gasteiger partial charge in [-0.1, -0.05) is 18.9 Å².